The van der Waals surface area contributed by atoms with E-state index >= 15 is 0 Å². The van der Waals surface area contributed by atoms with Crippen molar-refractivity contribution < 1.29 is 47.7 Å². The molecule has 2 aliphatic rings. The molecule has 0 spiro atoms. The fourth-order valence-corrected chi connectivity index (χ4v) is 4.59. The van der Waals surface area contributed by atoms with Gasteiger partial charge in [-0.1, -0.05) is 31.7 Å². The fraction of sp³-hybridized carbons (Fsp3) is 0.583. The number of methoxy groups -OCH3 is 1. The Morgan fingerprint density at radius 3 is 2.02 bits per heavy atom. The molecule has 290 valence electrons. The molecule has 2 heterocycles. The van der Waals surface area contributed by atoms with Crippen LogP contribution in [0.15, 0.2) is 41.4 Å². The van der Waals surface area contributed by atoms with Crippen molar-refractivity contribution in [3.8, 4) is 5.75 Å². The number of carbonyl (C=O) groups is 6. The predicted octanol–water partition coefficient (Wildman–Crippen LogP) is 3.43. The number of fused-ring (bicyclic) bond motifs is 13. The van der Waals surface area contributed by atoms with E-state index in [1.165, 1.54) is 14.0 Å². The average Bonchev–Trinajstić information content (AvgIpc) is 3.00. The molecule has 1 aromatic rings. The van der Waals surface area contributed by atoms with Gasteiger partial charge in [-0.3, -0.25) is 30.0 Å². The number of benzene rings is 1. The summed E-state index contributed by atoms with van der Waals surface area (Å²) in [5.41, 5.74) is -0.870. The molecule has 16 heteroatoms. The van der Waals surface area contributed by atoms with E-state index in [0.29, 0.717) is 18.6 Å². The molecule has 5 N–H and O–H groups in total. The maximum atomic E-state index is 13.6. The highest BCUT2D eigenvalue weighted by molar-refractivity contribution is 6.01. The SMILES string of the molecule is C.COC(=O)[C@@H]1CC=CCOc2ccc(cc2)C[C@H](NC(C)=O)C(=O)N[C@@H](CCCCN=C(NC(=O)OC(C)(C)C)NC(=O)OC(C)(C)C)C(=O)N1. The molecule has 3 rings (SSSR count). The molecule has 52 heavy (non-hydrogen) atoms. The number of carbonyl (C=O) groups excluding carboxylic acids is 6. The lowest BCUT2D eigenvalue weighted by Gasteiger charge is -2.24. The zero-order valence-electron chi connectivity index (χ0n) is 30.7. The molecule has 0 aliphatic carbocycles. The molecule has 0 radical (unpaired) electrons. The summed E-state index contributed by atoms with van der Waals surface area (Å²) < 4.78 is 21.1. The highest BCUT2D eigenvalue weighted by atomic mass is 16.6. The molecular formula is C36H56N6O10. The number of ether oxygens (including phenoxy) is 4. The lowest BCUT2D eigenvalue weighted by atomic mass is 10.0. The van der Waals surface area contributed by atoms with Gasteiger partial charge in [-0.25, -0.2) is 14.4 Å². The number of guanidine groups is 1. The van der Waals surface area contributed by atoms with Crippen molar-refractivity contribution in [2.75, 3.05) is 20.3 Å². The Morgan fingerprint density at radius 2 is 1.48 bits per heavy atom. The van der Waals surface area contributed by atoms with Crippen LogP contribution in [0.25, 0.3) is 0 Å². The normalized spacial score (nSPS) is 18.1. The van der Waals surface area contributed by atoms with E-state index in [2.05, 4.69) is 31.6 Å². The summed E-state index contributed by atoms with van der Waals surface area (Å²) in [7, 11) is 1.20. The third-order valence-corrected chi connectivity index (χ3v) is 6.79. The van der Waals surface area contributed by atoms with Gasteiger partial charge in [0.25, 0.3) is 0 Å². The Kier molecular flexibility index (Phi) is 18.4. The maximum Gasteiger partial charge on any atom is 0.414 e. The third-order valence-electron chi connectivity index (χ3n) is 6.79. The molecule has 2 bridgehead atoms. The number of esters is 1. The van der Waals surface area contributed by atoms with Gasteiger partial charge in [0.05, 0.1) is 7.11 Å². The van der Waals surface area contributed by atoms with Gasteiger partial charge in [0, 0.05) is 19.9 Å². The predicted molar refractivity (Wildman–Crippen MR) is 195 cm³/mol. The van der Waals surface area contributed by atoms with Crippen LogP contribution in [0.2, 0.25) is 0 Å². The van der Waals surface area contributed by atoms with Crippen LogP contribution in [0.1, 0.15) is 87.1 Å². The van der Waals surface area contributed by atoms with Gasteiger partial charge in [0.15, 0.2) is 0 Å². The second-order valence-corrected chi connectivity index (χ2v) is 13.7. The van der Waals surface area contributed by atoms with Crippen molar-refractivity contribution in [3.05, 3.63) is 42.0 Å². The lowest BCUT2D eigenvalue weighted by molar-refractivity contribution is -0.145. The molecule has 0 unspecified atom stereocenters. The molecule has 0 saturated carbocycles. The van der Waals surface area contributed by atoms with Crippen molar-refractivity contribution in [1.82, 2.24) is 26.6 Å². The second kappa shape index (κ2) is 21.3. The van der Waals surface area contributed by atoms with E-state index < -0.39 is 65.2 Å². The molecule has 0 fully saturated rings. The van der Waals surface area contributed by atoms with E-state index in [4.69, 9.17) is 18.9 Å². The van der Waals surface area contributed by atoms with E-state index in [0.717, 1.165) is 5.56 Å². The van der Waals surface area contributed by atoms with Crippen LogP contribution < -0.4 is 31.3 Å². The van der Waals surface area contributed by atoms with Crippen molar-refractivity contribution in [1.29, 1.82) is 0 Å². The maximum absolute atomic E-state index is 13.6. The first kappa shape index (κ1) is 44.9. The van der Waals surface area contributed by atoms with Crippen LogP contribution in [0.5, 0.6) is 5.75 Å². The first-order valence-corrected chi connectivity index (χ1v) is 16.7. The Hall–Kier alpha value is -5.15. The molecular weight excluding hydrogens is 676 g/mol. The number of amides is 5. The summed E-state index contributed by atoms with van der Waals surface area (Å²) in [5, 5.41) is 12.9. The number of alkyl carbamates (subject to hydrolysis) is 2. The smallest absolute Gasteiger partial charge is 0.414 e. The number of aliphatic imine (C=N–C) groups is 1. The van der Waals surface area contributed by atoms with Crippen LogP contribution >= 0.6 is 0 Å². The summed E-state index contributed by atoms with van der Waals surface area (Å²) >= 11 is 0. The van der Waals surface area contributed by atoms with Gasteiger partial charge < -0.3 is 34.9 Å². The van der Waals surface area contributed by atoms with Crippen LogP contribution in [0.3, 0.4) is 0 Å². The van der Waals surface area contributed by atoms with Gasteiger partial charge in [0.2, 0.25) is 23.7 Å². The molecule has 5 amide bonds. The van der Waals surface area contributed by atoms with Crippen LogP contribution in [-0.2, 0) is 39.8 Å². The van der Waals surface area contributed by atoms with Gasteiger partial charge in [-0.2, -0.15) is 0 Å². The van der Waals surface area contributed by atoms with E-state index in [1.807, 2.05) is 0 Å². The number of hydrogen-bond acceptors (Lipinski definition) is 11. The third kappa shape index (κ3) is 18.2. The largest absolute Gasteiger partial charge is 0.490 e. The topological polar surface area (TPSA) is 212 Å². The first-order valence-electron chi connectivity index (χ1n) is 16.7. The van der Waals surface area contributed by atoms with Gasteiger partial charge >= 0.3 is 18.2 Å². The quantitative estimate of drug-likeness (QED) is 0.0688. The standard InChI is InChI=1S/C35H52N6O10.CH4/c1-22(42)37-27-21-23-15-17-24(18-16-23)49-20-12-10-14-26(30(45)48-8)39-28(43)25(38-29(27)44)13-9-11-19-36-31(40-32(46)50-34(2,3)4)41-33(47)51-35(5,6)7;/h10,12,15-18,25-27H,9,11,13-14,19-21H2,1-8H3,(H,37,42)(H,38,44)(H,39,43)(H2,36,40,41,46,47);1H4/t25-,26-,27-;/m0./s1. The number of hydrogen-bond donors (Lipinski definition) is 5. The van der Waals surface area contributed by atoms with Crippen LogP contribution in [-0.4, -0.2) is 91.4 Å². The summed E-state index contributed by atoms with van der Waals surface area (Å²) in [6.07, 6.45) is 2.74. The summed E-state index contributed by atoms with van der Waals surface area (Å²) in [4.78, 5) is 80.9. The van der Waals surface area contributed by atoms with Crippen LogP contribution in [0.4, 0.5) is 9.59 Å². The highest BCUT2D eigenvalue weighted by Gasteiger charge is 2.30. The molecule has 3 atom stereocenters. The Balaban J connectivity index is 0.0000135. The Labute approximate surface area is 306 Å². The number of nitrogens with zero attached hydrogens (tertiary/aromatic N) is 1. The first-order chi connectivity index (χ1) is 23.8. The summed E-state index contributed by atoms with van der Waals surface area (Å²) in [6.45, 7) is 11.7. The second-order valence-electron chi connectivity index (χ2n) is 13.7. The Morgan fingerprint density at radius 1 is 0.885 bits per heavy atom. The monoisotopic (exact) mass is 732 g/mol. The summed E-state index contributed by atoms with van der Waals surface area (Å²) in [5.74, 6) is -1.97. The van der Waals surface area contributed by atoms with Gasteiger partial charge in [-0.15, -0.1) is 0 Å². The minimum atomic E-state index is -1.12. The van der Waals surface area contributed by atoms with Crippen molar-refractivity contribution in [3.63, 3.8) is 0 Å². The van der Waals surface area contributed by atoms with E-state index in [9.17, 15) is 28.8 Å². The van der Waals surface area contributed by atoms with Crippen LogP contribution in [0, 0.1) is 0 Å². The van der Waals surface area contributed by atoms with Gasteiger partial charge in [0.1, 0.15) is 41.7 Å². The lowest BCUT2D eigenvalue weighted by Crippen LogP contribution is -2.56. The average molecular weight is 733 g/mol. The molecule has 0 aromatic heterocycles. The van der Waals surface area contributed by atoms with Crippen molar-refractivity contribution in [2.45, 2.75) is 117 Å². The highest BCUT2D eigenvalue weighted by Crippen LogP contribution is 2.15. The molecule has 16 nitrogen and oxygen atoms in total. The van der Waals surface area contributed by atoms with Crippen molar-refractivity contribution in [2.24, 2.45) is 4.99 Å². The number of nitrogens with one attached hydrogen (secondary N) is 5. The van der Waals surface area contributed by atoms with Crippen molar-refractivity contribution >= 4 is 41.8 Å². The number of unbranched alkanes of at least 4 members (excludes halogenated alkanes) is 1. The zero-order chi connectivity index (χ0) is 38.2. The van der Waals surface area contributed by atoms with E-state index in [-0.39, 0.29) is 45.8 Å². The Bertz CT molecular complexity index is 1400. The molecule has 2 aliphatic heterocycles. The zero-order valence-corrected chi connectivity index (χ0v) is 30.7. The summed E-state index contributed by atoms with van der Waals surface area (Å²) in [6, 6.07) is 3.87. The number of rotatable bonds is 7. The molecule has 0 saturated heterocycles. The minimum absolute atomic E-state index is 0. The van der Waals surface area contributed by atoms with Gasteiger partial charge in [-0.05, 0) is 84.9 Å². The molecule has 1 aromatic carbocycles. The fourth-order valence-electron chi connectivity index (χ4n) is 4.59. The minimum Gasteiger partial charge on any atom is -0.490 e. The van der Waals surface area contributed by atoms with E-state index in [1.54, 1.807) is 78.0 Å².